The highest BCUT2D eigenvalue weighted by atomic mass is 16.6. The van der Waals surface area contributed by atoms with Gasteiger partial charge in [-0.3, -0.25) is 20.0 Å². The van der Waals surface area contributed by atoms with Crippen LogP contribution < -0.4 is 10.1 Å². The van der Waals surface area contributed by atoms with E-state index >= 15 is 0 Å². The molecule has 0 saturated heterocycles. The van der Waals surface area contributed by atoms with Crippen LogP contribution in [-0.2, 0) is 0 Å². The Morgan fingerprint density at radius 1 is 1.43 bits per heavy atom. The van der Waals surface area contributed by atoms with E-state index in [1.807, 2.05) is 0 Å². The van der Waals surface area contributed by atoms with E-state index in [0.29, 0.717) is 18.2 Å². The van der Waals surface area contributed by atoms with Gasteiger partial charge < -0.3 is 10.1 Å². The molecule has 120 valence electrons. The minimum Gasteiger partial charge on any atom is -0.493 e. The molecule has 0 aliphatic heterocycles. The Morgan fingerprint density at radius 3 is 2.74 bits per heavy atom. The number of aromatic nitrogens is 2. The van der Waals surface area contributed by atoms with Crippen molar-refractivity contribution in [3.05, 3.63) is 45.8 Å². The molecule has 1 aliphatic carbocycles. The molecular formula is C15H16N4O4. The number of rotatable bonds is 6. The molecule has 2 aromatic rings. The van der Waals surface area contributed by atoms with Crippen LogP contribution in [0.3, 0.4) is 0 Å². The van der Waals surface area contributed by atoms with Gasteiger partial charge in [0.25, 0.3) is 5.91 Å². The molecule has 0 radical (unpaired) electrons. The lowest BCUT2D eigenvalue weighted by Gasteiger charge is -2.07. The minimum atomic E-state index is -0.632. The van der Waals surface area contributed by atoms with Crippen LogP contribution in [0.25, 0.3) is 0 Å². The highest BCUT2D eigenvalue weighted by molar-refractivity contribution is 6.05. The Labute approximate surface area is 132 Å². The molecule has 0 atom stereocenters. The number of hydrogen-bond acceptors (Lipinski definition) is 5. The molecule has 1 heterocycles. The minimum absolute atomic E-state index is 0.235. The average molecular weight is 316 g/mol. The van der Waals surface area contributed by atoms with Crippen LogP contribution in [0.4, 0.5) is 11.4 Å². The van der Waals surface area contributed by atoms with Crippen LogP contribution in [0.5, 0.6) is 5.75 Å². The number of amides is 1. The second-order valence-corrected chi connectivity index (χ2v) is 5.54. The smallest absolute Gasteiger partial charge is 0.322 e. The number of carbonyl (C=O) groups is 1. The lowest BCUT2D eigenvalue weighted by atomic mass is 10.2. The van der Waals surface area contributed by atoms with Crippen LogP contribution in [0.2, 0.25) is 0 Å². The molecular weight excluding hydrogens is 300 g/mol. The molecule has 0 bridgehead atoms. The van der Waals surface area contributed by atoms with Crippen LogP contribution in [0.1, 0.15) is 29.0 Å². The van der Waals surface area contributed by atoms with Gasteiger partial charge in [0, 0.05) is 5.69 Å². The molecule has 0 spiro atoms. The number of nitro groups is 1. The first-order valence-corrected chi connectivity index (χ1v) is 7.28. The second-order valence-electron chi connectivity index (χ2n) is 5.54. The molecule has 1 aromatic carbocycles. The molecule has 8 nitrogen and oxygen atoms in total. The summed E-state index contributed by atoms with van der Waals surface area (Å²) in [4.78, 5) is 22.5. The van der Waals surface area contributed by atoms with E-state index in [9.17, 15) is 14.9 Å². The molecule has 1 aliphatic rings. The number of carbonyl (C=O) groups excluding carboxylic acids is 1. The number of nitrogens with zero attached hydrogens (tertiary/aromatic N) is 2. The predicted molar refractivity (Wildman–Crippen MR) is 82.6 cm³/mol. The standard InChI is InChI=1S/C15H16N4O4/c1-9-14(19(21)22)13(18-17-9)15(20)16-11-4-6-12(7-5-11)23-8-10-2-3-10/h4-7,10H,2-3,8H2,1H3,(H,16,20)(H,17,18). The summed E-state index contributed by atoms with van der Waals surface area (Å²) in [5.41, 5.74) is 0.209. The molecule has 0 unspecified atom stereocenters. The zero-order chi connectivity index (χ0) is 16.4. The van der Waals surface area contributed by atoms with E-state index in [0.717, 1.165) is 5.75 Å². The van der Waals surface area contributed by atoms with Gasteiger partial charge in [0.05, 0.1) is 11.5 Å². The van der Waals surface area contributed by atoms with Crippen molar-refractivity contribution in [1.82, 2.24) is 10.2 Å². The first-order valence-electron chi connectivity index (χ1n) is 7.28. The van der Waals surface area contributed by atoms with E-state index in [-0.39, 0.29) is 17.1 Å². The van der Waals surface area contributed by atoms with Crippen molar-refractivity contribution in [3.63, 3.8) is 0 Å². The van der Waals surface area contributed by atoms with E-state index < -0.39 is 10.8 Å². The molecule has 1 amide bonds. The lowest BCUT2D eigenvalue weighted by Crippen LogP contribution is -2.14. The maximum Gasteiger partial charge on any atom is 0.322 e. The highest BCUT2D eigenvalue weighted by Gasteiger charge is 2.27. The maximum absolute atomic E-state index is 12.1. The summed E-state index contributed by atoms with van der Waals surface area (Å²) in [6.07, 6.45) is 2.44. The average Bonchev–Trinajstić information content (AvgIpc) is 3.26. The van der Waals surface area contributed by atoms with E-state index in [2.05, 4.69) is 15.5 Å². The number of aromatic amines is 1. The third-order valence-corrected chi connectivity index (χ3v) is 3.61. The number of ether oxygens (including phenoxy) is 1. The number of anilines is 1. The van der Waals surface area contributed by atoms with Gasteiger partial charge in [0.1, 0.15) is 11.4 Å². The summed E-state index contributed by atoms with van der Waals surface area (Å²) >= 11 is 0. The number of aryl methyl sites for hydroxylation is 1. The molecule has 1 aromatic heterocycles. The van der Waals surface area contributed by atoms with Gasteiger partial charge in [-0.2, -0.15) is 5.10 Å². The Hall–Kier alpha value is -2.90. The van der Waals surface area contributed by atoms with Crippen molar-refractivity contribution < 1.29 is 14.5 Å². The highest BCUT2D eigenvalue weighted by Crippen LogP contribution is 2.29. The number of H-pyrrole nitrogens is 1. The van der Waals surface area contributed by atoms with Crippen LogP contribution >= 0.6 is 0 Å². The number of benzene rings is 1. The fraction of sp³-hybridized carbons (Fsp3) is 0.333. The topological polar surface area (TPSA) is 110 Å². The molecule has 1 fully saturated rings. The van der Waals surface area contributed by atoms with Gasteiger partial charge in [-0.25, -0.2) is 0 Å². The molecule has 3 rings (SSSR count). The van der Waals surface area contributed by atoms with Crippen molar-refractivity contribution in [2.75, 3.05) is 11.9 Å². The molecule has 2 N–H and O–H groups in total. The van der Waals surface area contributed by atoms with Crippen LogP contribution in [0, 0.1) is 23.0 Å². The molecule has 23 heavy (non-hydrogen) atoms. The Kier molecular flexibility index (Phi) is 3.96. The first-order chi connectivity index (χ1) is 11.0. The van der Waals surface area contributed by atoms with Crippen molar-refractivity contribution >= 4 is 17.3 Å². The SMILES string of the molecule is Cc1[nH]nc(C(=O)Nc2ccc(OCC3CC3)cc2)c1[N+](=O)[O-]. The van der Waals surface area contributed by atoms with Gasteiger partial charge in [-0.05, 0) is 49.9 Å². The largest absolute Gasteiger partial charge is 0.493 e. The van der Waals surface area contributed by atoms with E-state index in [4.69, 9.17) is 4.74 Å². The lowest BCUT2D eigenvalue weighted by molar-refractivity contribution is -0.385. The summed E-state index contributed by atoms with van der Waals surface area (Å²) in [6.45, 7) is 2.21. The predicted octanol–water partition coefficient (Wildman–Crippen LogP) is 2.67. The summed E-state index contributed by atoms with van der Waals surface area (Å²) in [7, 11) is 0. The normalized spacial score (nSPS) is 13.6. The zero-order valence-corrected chi connectivity index (χ0v) is 12.5. The Morgan fingerprint density at radius 2 is 2.13 bits per heavy atom. The maximum atomic E-state index is 12.1. The number of hydrogen-bond donors (Lipinski definition) is 2. The zero-order valence-electron chi connectivity index (χ0n) is 12.5. The quantitative estimate of drug-likeness (QED) is 0.629. The fourth-order valence-electron chi connectivity index (χ4n) is 2.13. The van der Waals surface area contributed by atoms with Crippen molar-refractivity contribution in [2.45, 2.75) is 19.8 Å². The van der Waals surface area contributed by atoms with Crippen LogP contribution in [-0.4, -0.2) is 27.6 Å². The van der Waals surface area contributed by atoms with Crippen molar-refractivity contribution in [3.8, 4) is 5.75 Å². The summed E-state index contributed by atoms with van der Waals surface area (Å²) in [5.74, 6) is 0.766. The van der Waals surface area contributed by atoms with Crippen LogP contribution in [0.15, 0.2) is 24.3 Å². The van der Waals surface area contributed by atoms with Crippen molar-refractivity contribution in [2.24, 2.45) is 5.92 Å². The van der Waals surface area contributed by atoms with Gasteiger partial charge in [-0.15, -0.1) is 0 Å². The van der Waals surface area contributed by atoms with Crippen molar-refractivity contribution in [1.29, 1.82) is 0 Å². The Balaban J connectivity index is 1.66. The third-order valence-electron chi connectivity index (χ3n) is 3.61. The molecule has 1 saturated carbocycles. The summed E-state index contributed by atoms with van der Waals surface area (Å²) in [6, 6.07) is 6.88. The van der Waals surface area contributed by atoms with E-state index in [1.165, 1.54) is 19.8 Å². The third kappa shape index (κ3) is 3.47. The van der Waals surface area contributed by atoms with E-state index in [1.54, 1.807) is 24.3 Å². The Bertz CT molecular complexity index is 734. The first kappa shape index (κ1) is 15.0. The fourth-order valence-corrected chi connectivity index (χ4v) is 2.13. The monoisotopic (exact) mass is 316 g/mol. The van der Waals surface area contributed by atoms with Gasteiger partial charge in [0.15, 0.2) is 0 Å². The van der Waals surface area contributed by atoms with Gasteiger partial charge in [-0.1, -0.05) is 0 Å². The number of nitrogens with one attached hydrogen (secondary N) is 2. The second kappa shape index (κ2) is 6.07. The summed E-state index contributed by atoms with van der Waals surface area (Å²) in [5, 5.41) is 19.7. The summed E-state index contributed by atoms with van der Waals surface area (Å²) < 4.78 is 5.61. The molecule has 8 heteroatoms. The van der Waals surface area contributed by atoms with Gasteiger partial charge >= 0.3 is 5.69 Å². The van der Waals surface area contributed by atoms with Gasteiger partial charge in [0.2, 0.25) is 5.69 Å².